The SMILES string of the molecule is CCCC[PH](CCCC)(CCCC)OCC1=C(C)CCCC1. The molecular weight excluding hydrogens is 287 g/mol. The second kappa shape index (κ2) is 11.6. The van der Waals surface area contributed by atoms with Crippen molar-refractivity contribution < 1.29 is 4.52 Å². The molecule has 0 heterocycles. The van der Waals surface area contributed by atoms with Gasteiger partial charge >= 0.3 is 140 Å². The molecule has 1 aliphatic carbocycles. The van der Waals surface area contributed by atoms with Gasteiger partial charge in [0.15, 0.2) is 0 Å². The fourth-order valence-corrected chi connectivity index (χ4v) is 8.30. The Morgan fingerprint density at radius 2 is 1.32 bits per heavy atom. The van der Waals surface area contributed by atoms with Crippen LogP contribution in [0.5, 0.6) is 0 Å². The molecule has 2 heteroatoms. The van der Waals surface area contributed by atoms with E-state index in [1.165, 1.54) is 82.7 Å². The molecule has 0 saturated heterocycles. The minimum atomic E-state index is -1.51. The van der Waals surface area contributed by atoms with Gasteiger partial charge in [-0.05, 0) is 0 Å². The van der Waals surface area contributed by atoms with Crippen molar-refractivity contribution in [3.63, 3.8) is 0 Å². The summed E-state index contributed by atoms with van der Waals surface area (Å²) in [4.78, 5) is 0. The number of hydrogen-bond donors (Lipinski definition) is 0. The maximum atomic E-state index is 6.83. The molecule has 0 aromatic heterocycles. The summed E-state index contributed by atoms with van der Waals surface area (Å²) in [5.41, 5.74) is 3.28. The van der Waals surface area contributed by atoms with Crippen LogP contribution in [0.2, 0.25) is 0 Å². The number of hydrogen-bond acceptors (Lipinski definition) is 1. The Kier molecular flexibility index (Phi) is 10.7. The van der Waals surface area contributed by atoms with E-state index < -0.39 is 7.49 Å². The van der Waals surface area contributed by atoms with Gasteiger partial charge in [0.25, 0.3) is 0 Å². The van der Waals surface area contributed by atoms with Crippen LogP contribution >= 0.6 is 7.49 Å². The summed E-state index contributed by atoms with van der Waals surface area (Å²) in [6.45, 7) is 10.3. The second-order valence-electron chi connectivity index (χ2n) is 7.37. The molecule has 0 bridgehead atoms. The average Bonchev–Trinajstić information content (AvgIpc) is 2.55. The van der Waals surface area contributed by atoms with E-state index in [1.807, 2.05) is 0 Å². The minimum absolute atomic E-state index is 0.967. The molecule has 0 atom stereocenters. The first-order chi connectivity index (χ1) is 10.7. The molecule has 0 saturated carbocycles. The van der Waals surface area contributed by atoms with Crippen LogP contribution in [0.1, 0.15) is 91.9 Å². The molecule has 1 rings (SSSR count). The van der Waals surface area contributed by atoms with Gasteiger partial charge < -0.3 is 0 Å². The van der Waals surface area contributed by atoms with Crippen LogP contribution in [0.15, 0.2) is 11.1 Å². The van der Waals surface area contributed by atoms with Gasteiger partial charge in [-0.25, -0.2) is 0 Å². The predicted molar refractivity (Wildman–Crippen MR) is 105 cm³/mol. The fourth-order valence-electron chi connectivity index (χ4n) is 3.64. The molecule has 0 aromatic carbocycles. The Hall–Kier alpha value is 0.130. The van der Waals surface area contributed by atoms with E-state index in [0.717, 1.165) is 6.61 Å². The van der Waals surface area contributed by atoms with Crippen LogP contribution in [0.3, 0.4) is 0 Å². The maximum absolute atomic E-state index is 6.83. The molecule has 0 radical (unpaired) electrons. The van der Waals surface area contributed by atoms with Gasteiger partial charge in [0.05, 0.1) is 0 Å². The summed E-state index contributed by atoms with van der Waals surface area (Å²) in [5.74, 6) is 0. The van der Waals surface area contributed by atoms with Crippen molar-refractivity contribution in [3.05, 3.63) is 11.1 Å². The molecule has 22 heavy (non-hydrogen) atoms. The summed E-state index contributed by atoms with van der Waals surface area (Å²) in [5, 5.41) is 0. The second-order valence-corrected chi connectivity index (χ2v) is 11.5. The van der Waals surface area contributed by atoms with Crippen LogP contribution in [0, 0.1) is 0 Å². The molecule has 0 aromatic rings. The summed E-state index contributed by atoms with van der Waals surface area (Å²) in [6, 6.07) is 0. The third-order valence-corrected chi connectivity index (χ3v) is 9.95. The number of allylic oxidation sites excluding steroid dienone is 1. The number of unbranched alkanes of at least 4 members (excludes halogenated alkanes) is 3. The molecule has 0 aliphatic heterocycles. The van der Waals surface area contributed by atoms with E-state index in [-0.39, 0.29) is 0 Å². The summed E-state index contributed by atoms with van der Waals surface area (Å²) >= 11 is 0. The normalized spacial score (nSPS) is 17.1. The molecule has 0 fully saturated rings. The van der Waals surface area contributed by atoms with E-state index in [1.54, 1.807) is 11.1 Å². The topological polar surface area (TPSA) is 9.23 Å². The Morgan fingerprint density at radius 1 is 0.818 bits per heavy atom. The molecular formula is C20H41OP. The Bertz CT molecular complexity index is 300. The van der Waals surface area contributed by atoms with Gasteiger partial charge in [0.1, 0.15) is 0 Å². The van der Waals surface area contributed by atoms with E-state index >= 15 is 0 Å². The van der Waals surface area contributed by atoms with Gasteiger partial charge in [0, 0.05) is 0 Å². The molecule has 0 amide bonds. The Morgan fingerprint density at radius 3 is 1.77 bits per heavy atom. The van der Waals surface area contributed by atoms with Gasteiger partial charge in [-0.2, -0.15) is 0 Å². The van der Waals surface area contributed by atoms with E-state index in [9.17, 15) is 0 Å². The van der Waals surface area contributed by atoms with Crippen molar-refractivity contribution in [3.8, 4) is 0 Å². The summed E-state index contributed by atoms with van der Waals surface area (Å²) < 4.78 is 6.83. The molecule has 0 unspecified atom stereocenters. The first-order valence-electron chi connectivity index (χ1n) is 9.99. The molecule has 132 valence electrons. The van der Waals surface area contributed by atoms with Crippen molar-refractivity contribution in [1.29, 1.82) is 0 Å². The average molecular weight is 329 g/mol. The molecule has 1 aliphatic rings. The van der Waals surface area contributed by atoms with Crippen LogP contribution in [0.25, 0.3) is 0 Å². The van der Waals surface area contributed by atoms with Crippen molar-refractivity contribution in [2.24, 2.45) is 0 Å². The van der Waals surface area contributed by atoms with Gasteiger partial charge in [-0.15, -0.1) is 0 Å². The van der Waals surface area contributed by atoms with Crippen molar-refractivity contribution in [2.45, 2.75) is 91.9 Å². The van der Waals surface area contributed by atoms with Crippen LogP contribution in [-0.2, 0) is 4.52 Å². The van der Waals surface area contributed by atoms with Gasteiger partial charge in [-0.1, -0.05) is 0 Å². The number of rotatable bonds is 12. The molecule has 1 nitrogen and oxygen atoms in total. The third kappa shape index (κ3) is 7.14. The van der Waals surface area contributed by atoms with Crippen LogP contribution in [0.4, 0.5) is 0 Å². The van der Waals surface area contributed by atoms with Gasteiger partial charge in [0.2, 0.25) is 0 Å². The quantitative estimate of drug-likeness (QED) is 0.278. The Balaban J connectivity index is 2.71. The molecule has 0 N–H and O–H groups in total. The molecule has 0 spiro atoms. The monoisotopic (exact) mass is 328 g/mol. The first kappa shape index (κ1) is 20.2. The zero-order valence-electron chi connectivity index (χ0n) is 15.8. The zero-order chi connectivity index (χ0) is 16.3. The predicted octanol–water partition coefficient (Wildman–Crippen LogP) is 6.96. The standard InChI is InChI=1S/C20H41OP/c1-5-8-15-22(16-9-6-2,17-10-7-3)21-18-20-14-12-11-13-19(20)4/h22H,5-18H2,1-4H3. The summed E-state index contributed by atoms with van der Waals surface area (Å²) in [7, 11) is -1.51. The van der Waals surface area contributed by atoms with E-state index in [2.05, 4.69) is 27.7 Å². The summed E-state index contributed by atoms with van der Waals surface area (Å²) in [6.07, 6.45) is 17.6. The van der Waals surface area contributed by atoms with Crippen LogP contribution < -0.4 is 0 Å². The first-order valence-corrected chi connectivity index (χ1v) is 12.5. The van der Waals surface area contributed by atoms with Crippen LogP contribution in [-0.4, -0.2) is 25.1 Å². The Labute approximate surface area is 140 Å². The van der Waals surface area contributed by atoms with Gasteiger partial charge in [-0.3, -0.25) is 0 Å². The van der Waals surface area contributed by atoms with E-state index in [0.29, 0.717) is 0 Å². The fraction of sp³-hybridized carbons (Fsp3) is 0.900. The van der Waals surface area contributed by atoms with Crippen molar-refractivity contribution in [2.75, 3.05) is 25.1 Å². The zero-order valence-corrected chi connectivity index (χ0v) is 16.8. The van der Waals surface area contributed by atoms with Crippen molar-refractivity contribution in [1.82, 2.24) is 0 Å². The van der Waals surface area contributed by atoms with Crippen molar-refractivity contribution >= 4 is 7.49 Å². The van der Waals surface area contributed by atoms with E-state index in [4.69, 9.17) is 4.52 Å². The third-order valence-electron chi connectivity index (χ3n) is 5.39.